The molecule has 0 saturated carbocycles. The van der Waals surface area contributed by atoms with Crippen LogP contribution in [0.5, 0.6) is 0 Å². The van der Waals surface area contributed by atoms with Gasteiger partial charge in [-0.3, -0.25) is 37.9 Å². The molecule has 10 atom stereocenters. The first-order valence-corrected chi connectivity index (χ1v) is 45.2. The van der Waals surface area contributed by atoms with Crippen LogP contribution in [0.25, 0.3) is 0 Å². The number of phosphoric ester groups is 2. The van der Waals surface area contributed by atoms with E-state index >= 15 is 0 Å². The van der Waals surface area contributed by atoms with E-state index in [4.69, 9.17) is 46.5 Å². The van der Waals surface area contributed by atoms with E-state index < -0.39 is 145 Å². The van der Waals surface area contributed by atoms with Crippen molar-refractivity contribution in [2.45, 2.75) is 392 Å². The van der Waals surface area contributed by atoms with Gasteiger partial charge in [-0.1, -0.05) is 220 Å². The molecule has 0 bridgehead atoms. The predicted octanol–water partition coefficient (Wildman–Crippen LogP) is 8.69. The van der Waals surface area contributed by atoms with Gasteiger partial charge in [-0.25, -0.2) is 0 Å². The summed E-state index contributed by atoms with van der Waals surface area (Å²) in [6, 6.07) is -2.05. The van der Waals surface area contributed by atoms with Crippen molar-refractivity contribution < 1.29 is 164 Å². The first kappa shape index (κ1) is 111. The molecule has 0 spiro atoms. The van der Waals surface area contributed by atoms with E-state index in [9.17, 15) is 57.9 Å². The summed E-state index contributed by atoms with van der Waals surface area (Å²) in [5, 5.41) is 31.8. The van der Waals surface area contributed by atoms with E-state index in [1.807, 2.05) is 0 Å². The molecule has 0 aliphatic carbocycles. The predicted molar refractivity (Wildman–Crippen MR) is 422 cm³/mol. The maximum absolute atomic E-state index is 13.7. The third-order valence-corrected chi connectivity index (χ3v) is 20.5. The summed E-state index contributed by atoms with van der Waals surface area (Å²) in [5.74, 6) is -5.06. The van der Waals surface area contributed by atoms with Crippen LogP contribution < -0.4 is 90.2 Å². The Bertz CT molecular complexity index is 2330. The Labute approximate surface area is 713 Å². The molecule has 4 amide bonds. The second-order valence-electron chi connectivity index (χ2n) is 29.6. The van der Waals surface area contributed by atoms with Crippen molar-refractivity contribution in [2.75, 3.05) is 65.9 Å². The van der Waals surface area contributed by atoms with E-state index in [2.05, 4.69) is 87.1 Å². The second-order valence-corrected chi connectivity index (χ2v) is 32.5. The summed E-state index contributed by atoms with van der Waals surface area (Å²) in [4.78, 5) is 107. The van der Waals surface area contributed by atoms with Crippen LogP contribution in [0.2, 0.25) is 0 Å². The van der Waals surface area contributed by atoms with E-state index in [0.717, 1.165) is 167 Å². The first-order valence-electron chi connectivity index (χ1n) is 42.3. The van der Waals surface area contributed by atoms with E-state index in [1.165, 1.54) is 52.4 Å². The normalized spacial score (nSPS) is 16.8. The molecule has 1 rings (SSSR count). The van der Waals surface area contributed by atoms with Crippen LogP contribution in [0.1, 0.15) is 338 Å². The Morgan fingerprint density at radius 1 is 0.414 bits per heavy atom. The van der Waals surface area contributed by atoms with Crippen molar-refractivity contribution in [1.82, 2.24) is 21.3 Å². The molecule has 4 unspecified atom stereocenters. The molecular weight excluding hydrogens is 1490 g/mol. The van der Waals surface area contributed by atoms with Gasteiger partial charge < -0.3 is 87.8 Å². The van der Waals surface area contributed by atoms with Crippen molar-refractivity contribution in [1.29, 1.82) is 0 Å². The molecule has 1 aliphatic heterocycles. The van der Waals surface area contributed by atoms with Gasteiger partial charge in [0.05, 0.1) is 76.8 Å². The quantitative estimate of drug-likeness (QED) is 0.0109. The SMILES string of the molecule is CCCCCC/C=C\CCCC(=O)O[C@H](CCCCCCC)CC(=O)NC(COCC[C@H](O)CCCCCCC)COP(=O)([O-])OCCNC(=O)[C@H]1OC(C)(C)O[C@H]1C(=O)NCCOP(=O)([O-])OCC(COCC[C@H](O)CCCCCCC)NC(=O)C[C@@H](CCCCCCC)OC(=O)CCC/C=C\CCCCCC.[Na+].[Na+]. The average Bonchev–Trinajstić information content (AvgIpc) is 1.66. The standard InChI is InChI=1S/C81H152N4O22P2.2Na/c1-9-15-21-27-29-31-33-39-45-51-75(90)104-71(49-43-37-25-19-13-5)61-73(88)84-67(63-98-57-53-69(86)47-41-35-23-17-11-3)65-102-108(94,95)100-59-55-82-79(92)77-78(107-81(7,8)106-77)80(93)83-56-60-101-109(96,97)103-66-68(64-99-58-54-70(87)48-42-36-24-18-12-4)85-74(89)62-72(50-44-38-26-20-14-6)105-76(91)52-46-40-34-32-30-28-22-16-10-2;;/h31-34,67-72,77-78,86-87H,9-30,35-66H2,1-8H3,(H,82,92)(H,83,93)(H,84,88)(H,85,89)(H,94,95)(H,96,97);;/q;2*+1/p-2/b33-31-,34-32-;;/t67?,68?,69-,70-,71-,72-,77-,78+;;/m1../s1. The van der Waals surface area contributed by atoms with Crippen LogP contribution in [-0.2, 0) is 84.4 Å². The Kier molecular flexibility index (Phi) is 73.6. The number of rotatable bonds is 76. The van der Waals surface area contributed by atoms with Gasteiger partial charge in [0.15, 0.2) is 18.0 Å². The smallest absolute Gasteiger partial charge is 0.756 e. The zero-order valence-electron chi connectivity index (χ0n) is 70.6. The molecule has 111 heavy (non-hydrogen) atoms. The summed E-state index contributed by atoms with van der Waals surface area (Å²) in [6.45, 7) is 12.3. The second kappa shape index (κ2) is 73.4. The van der Waals surface area contributed by atoms with Crippen LogP contribution in [-0.4, -0.2) is 166 Å². The summed E-state index contributed by atoms with van der Waals surface area (Å²) in [5.41, 5.74) is 0. The summed E-state index contributed by atoms with van der Waals surface area (Å²) < 4.78 is 82.1. The van der Waals surface area contributed by atoms with Gasteiger partial charge in [-0.15, -0.1) is 0 Å². The number of hydrogen-bond donors (Lipinski definition) is 6. The van der Waals surface area contributed by atoms with Crippen LogP contribution >= 0.6 is 15.6 Å². The monoisotopic (exact) mass is 1640 g/mol. The number of allylic oxidation sites excluding steroid dienone is 4. The minimum Gasteiger partial charge on any atom is -0.756 e. The van der Waals surface area contributed by atoms with E-state index in [0.29, 0.717) is 51.4 Å². The van der Waals surface area contributed by atoms with Crippen LogP contribution in [0.3, 0.4) is 0 Å². The molecule has 0 radical (unpaired) electrons. The van der Waals surface area contributed by atoms with Gasteiger partial charge in [-0.2, -0.15) is 0 Å². The van der Waals surface area contributed by atoms with Gasteiger partial charge in [0, 0.05) is 39.1 Å². The fraction of sp³-hybridized carbons (Fsp3) is 0.877. The molecule has 26 nitrogen and oxygen atoms in total. The zero-order valence-corrected chi connectivity index (χ0v) is 76.4. The third kappa shape index (κ3) is 65.9. The van der Waals surface area contributed by atoms with E-state index in [-0.39, 0.29) is 111 Å². The molecule has 30 heteroatoms. The topological polar surface area (TPSA) is 364 Å². The Balaban J connectivity index is 0. The molecule has 0 aromatic carbocycles. The number of hydrogen-bond acceptors (Lipinski definition) is 22. The van der Waals surface area contributed by atoms with Crippen molar-refractivity contribution in [2.24, 2.45) is 0 Å². The largest absolute Gasteiger partial charge is 1.00 e. The molecular formula is C81H150N4Na2O22P2. The Morgan fingerprint density at radius 3 is 1.05 bits per heavy atom. The number of phosphoric acid groups is 2. The molecule has 0 aromatic heterocycles. The van der Waals surface area contributed by atoms with Crippen LogP contribution in [0, 0.1) is 0 Å². The van der Waals surface area contributed by atoms with Gasteiger partial charge in [0.2, 0.25) is 11.8 Å². The molecule has 6 N–H and O–H groups in total. The molecule has 1 saturated heterocycles. The summed E-state index contributed by atoms with van der Waals surface area (Å²) in [6.07, 6.45) is 39.4. The third-order valence-electron chi connectivity index (χ3n) is 18.6. The summed E-state index contributed by atoms with van der Waals surface area (Å²) in [7, 11) is -10.3. The molecule has 638 valence electrons. The Morgan fingerprint density at radius 2 is 0.721 bits per heavy atom. The van der Waals surface area contributed by atoms with Gasteiger partial charge >= 0.3 is 71.1 Å². The van der Waals surface area contributed by atoms with Gasteiger partial charge in [0.1, 0.15) is 12.2 Å². The van der Waals surface area contributed by atoms with Gasteiger partial charge in [0.25, 0.3) is 27.5 Å². The number of esters is 2. The summed E-state index contributed by atoms with van der Waals surface area (Å²) >= 11 is 0. The molecule has 1 heterocycles. The van der Waals surface area contributed by atoms with Crippen molar-refractivity contribution in [3.05, 3.63) is 24.3 Å². The van der Waals surface area contributed by atoms with Gasteiger partial charge in [-0.05, 0) is 117 Å². The minimum absolute atomic E-state index is 0. The average molecular weight is 1640 g/mol. The number of aliphatic hydroxyl groups excluding tert-OH is 2. The molecule has 1 fully saturated rings. The number of aliphatic hydroxyl groups is 2. The fourth-order valence-electron chi connectivity index (χ4n) is 12.3. The maximum atomic E-state index is 13.7. The number of carbonyl (C=O) groups excluding carboxylic acids is 6. The Hall–Kier alpha value is -1.72. The molecule has 0 aromatic rings. The molecule has 1 aliphatic rings. The number of carbonyl (C=O) groups is 6. The van der Waals surface area contributed by atoms with Crippen molar-refractivity contribution >= 4 is 51.2 Å². The minimum atomic E-state index is -5.13. The van der Waals surface area contributed by atoms with E-state index in [1.54, 1.807) is 0 Å². The number of ether oxygens (including phenoxy) is 6. The fourth-order valence-corrected chi connectivity index (χ4v) is 13.8. The number of amides is 4. The van der Waals surface area contributed by atoms with Crippen molar-refractivity contribution in [3.63, 3.8) is 0 Å². The zero-order chi connectivity index (χ0) is 80.5. The first-order chi connectivity index (χ1) is 52.4. The number of nitrogens with one attached hydrogen (secondary N) is 4. The van der Waals surface area contributed by atoms with Crippen molar-refractivity contribution in [3.8, 4) is 0 Å². The van der Waals surface area contributed by atoms with Crippen LogP contribution in [0.4, 0.5) is 0 Å². The van der Waals surface area contributed by atoms with Crippen LogP contribution in [0.15, 0.2) is 24.3 Å². The number of unbranched alkanes of at least 4 members (excludes halogenated alkanes) is 26. The maximum Gasteiger partial charge on any atom is 1.00 e.